The van der Waals surface area contributed by atoms with Crippen molar-refractivity contribution in [3.63, 3.8) is 0 Å². The van der Waals surface area contributed by atoms with Gasteiger partial charge in [-0.1, -0.05) is 19.1 Å². The van der Waals surface area contributed by atoms with E-state index in [9.17, 15) is 9.59 Å². The largest absolute Gasteiger partial charge is 0.378 e. The molecule has 0 unspecified atom stereocenters. The summed E-state index contributed by atoms with van der Waals surface area (Å²) in [6.45, 7) is 3.90. The second-order valence-corrected chi connectivity index (χ2v) is 8.38. The van der Waals surface area contributed by atoms with Gasteiger partial charge in [-0.3, -0.25) is 14.0 Å². The third-order valence-electron chi connectivity index (χ3n) is 5.80. The number of fused-ring (bicyclic) bond motifs is 1. The zero-order valence-electron chi connectivity index (χ0n) is 19.1. The Morgan fingerprint density at radius 2 is 1.88 bits per heavy atom. The van der Waals surface area contributed by atoms with Crippen molar-refractivity contribution in [2.75, 3.05) is 50.6 Å². The van der Waals surface area contributed by atoms with Gasteiger partial charge in [-0.15, -0.1) is 0 Å². The van der Waals surface area contributed by atoms with E-state index in [1.165, 1.54) is 5.56 Å². The summed E-state index contributed by atoms with van der Waals surface area (Å²) in [6, 6.07) is 12.2. The van der Waals surface area contributed by atoms with Gasteiger partial charge in [0.2, 0.25) is 5.91 Å². The fraction of sp³-hybridized carbons (Fsp3) is 0.375. The molecule has 2 aromatic heterocycles. The van der Waals surface area contributed by atoms with Crippen LogP contribution >= 0.6 is 0 Å². The lowest BCUT2D eigenvalue weighted by atomic mass is 10.2. The smallest absolute Gasteiger partial charge is 0.255 e. The number of nitrogens with zero attached hydrogens (tertiary/aromatic N) is 5. The summed E-state index contributed by atoms with van der Waals surface area (Å²) in [5.41, 5.74) is 4.70. The SMILES string of the molecule is CCc1nc2ccc(C(=O)N3CCNC(=O)C3)cn2c1N(C)Cc1ccc(N(C)C)cc1. The average molecular weight is 435 g/mol. The van der Waals surface area contributed by atoms with Crippen LogP contribution in [0.25, 0.3) is 5.65 Å². The number of imidazole rings is 1. The number of nitrogens with one attached hydrogen (secondary N) is 1. The standard InChI is InChI=1S/C24H30N6O2/c1-5-20-23(28(4)14-17-6-9-19(10-7-17)27(2)3)30-15-18(8-11-21(30)26-20)24(32)29-13-12-25-22(31)16-29/h6-11,15H,5,12-14,16H2,1-4H3,(H,25,31). The van der Waals surface area contributed by atoms with Gasteiger partial charge < -0.3 is 20.0 Å². The van der Waals surface area contributed by atoms with Crippen molar-refractivity contribution >= 4 is 29.0 Å². The summed E-state index contributed by atoms with van der Waals surface area (Å²) >= 11 is 0. The van der Waals surface area contributed by atoms with E-state index in [4.69, 9.17) is 4.98 Å². The second kappa shape index (κ2) is 8.90. The minimum Gasteiger partial charge on any atom is -0.378 e. The molecule has 168 valence electrons. The van der Waals surface area contributed by atoms with Crippen LogP contribution in [0.15, 0.2) is 42.6 Å². The highest BCUT2D eigenvalue weighted by atomic mass is 16.2. The molecule has 0 radical (unpaired) electrons. The van der Waals surface area contributed by atoms with Gasteiger partial charge in [-0.2, -0.15) is 0 Å². The number of amides is 2. The topological polar surface area (TPSA) is 73.2 Å². The molecule has 8 heteroatoms. The first-order chi connectivity index (χ1) is 15.4. The molecular formula is C24H30N6O2. The maximum atomic E-state index is 13.0. The monoisotopic (exact) mass is 434 g/mol. The van der Waals surface area contributed by atoms with Crippen LogP contribution in [0.3, 0.4) is 0 Å². The van der Waals surface area contributed by atoms with E-state index in [1.54, 1.807) is 11.0 Å². The Labute approximate surface area is 188 Å². The zero-order valence-corrected chi connectivity index (χ0v) is 19.1. The van der Waals surface area contributed by atoms with E-state index in [-0.39, 0.29) is 18.4 Å². The number of hydrogen-bond acceptors (Lipinski definition) is 5. The van der Waals surface area contributed by atoms with E-state index in [2.05, 4.69) is 46.3 Å². The molecular weight excluding hydrogens is 404 g/mol. The normalized spacial score (nSPS) is 13.9. The highest BCUT2D eigenvalue weighted by Gasteiger charge is 2.23. The lowest BCUT2D eigenvalue weighted by Crippen LogP contribution is -2.50. The molecule has 0 aliphatic carbocycles. The molecule has 1 aromatic carbocycles. The molecule has 3 aromatic rings. The maximum absolute atomic E-state index is 13.0. The Morgan fingerprint density at radius 1 is 1.12 bits per heavy atom. The van der Waals surface area contributed by atoms with Crippen molar-refractivity contribution in [1.82, 2.24) is 19.6 Å². The summed E-state index contributed by atoms with van der Waals surface area (Å²) in [7, 11) is 6.11. The second-order valence-electron chi connectivity index (χ2n) is 8.38. The molecule has 2 amide bonds. The highest BCUT2D eigenvalue weighted by molar-refractivity contribution is 5.97. The molecule has 1 fully saturated rings. The van der Waals surface area contributed by atoms with Gasteiger partial charge in [-0.05, 0) is 36.2 Å². The molecule has 1 aliphatic rings. The summed E-state index contributed by atoms with van der Waals surface area (Å²) in [5, 5.41) is 2.76. The summed E-state index contributed by atoms with van der Waals surface area (Å²) in [6.07, 6.45) is 2.63. The van der Waals surface area contributed by atoms with Gasteiger partial charge in [0.05, 0.1) is 17.8 Å². The van der Waals surface area contributed by atoms with Gasteiger partial charge >= 0.3 is 0 Å². The molecule has 0 bridgehead atoms. The predicted octanol–water partition coefficient (Wildman–Crippen LogP) is 2.17. The number of pyridine rings is 1. The summed E-state index contributed by atoms with van der Waals surface area (Å²) < 4.78 is 1.99. The first kappa shape index (κ1) is 21.7. The van der Waals surface area contributed by atoms with Crippen LogP contribution in [0.1, 0.15) is 28.5 Å². The van der Waals surface area contributed by atoms with Crippen LogP contribution in [0.4, 0.5) is 11.5 Å². The quantitative estimate of drug-likeness (QED) is 0.644. The number of rotatable bonds is 6. The maximum Gasteiger partial charge on any atom is 0.255 e. The molecule has 0 atom stereocenters. The molecule has 4 rings (SSSR count). The Kier molecular flexibility index (Phi) is 6.03. The molecule has 3 heterocycles. The van der Waals surface area contributed by atoms with E-state index in [0.29, 0.717) is 18.7 Å². The van der Waals surface area contributed by atoms with Gasteiger partial charge in [0.25, 0.3) is 5.91 Å². The molecule has 1 N–H and O–H groups in total. The molecule has 0 spiro atoms. The van der Waals surface area contributed by atoms with Crippen molar-refractivity contribution < 1.29 is 9.59 Å². The van der Waals surface area contributed by atoms with E-state index < -0.39 is 0 Å². The van der Waals surface area contributed by atoms with Crippen LogP contribution in [0, 0.1) is 0 Å². The Hall–Kier alpha value is -3.55. The van der Waals surface area contributed by atoms with E-state index in [0.717, 1.165) is 35.8 Å². The number of aromatic nitrogens is 2. The molecule has 32 heavy (non-hydrogen) atoms. The summed E-state index contributed by atoms with van der Waals surface area (Å²) in [4.78, 5) is 35.4. The molecule has 1 aliphatic heterocycles. The first-order valence-corrected chi connectivity index (χ1v) is 10.9. The number of benzene rings is 1. The molecule has 0 saturated carbocycles. The minimum atomic E-state index is -0.138. The fourth-order valence-corrected chi connectivity index (χ4v) is 4.09. The van der Waals surface area contributed by atoms with Gasteiger partial charge in [0.1, 0.15) is 11.5 Å². The van der Waals surface area contributed by atoms with Crippen molar-refractivity contribution in [3.05, 3.63) is 59.4 Å². The van der Waals surface area contributed by atoms with Crippen molar-refractivity contribution in [1.29, 1.82) is 0 Å². The van der Waals surface area contributed by atoms with Crippen molar-refractivity contribution in [2.45, 2.75) is 19.9 Å². The molecule has 8 nitrogen and oxygen atoms in total. The van der Waals surface area contributed by atoms with E-state index in [1.807, 2.05) is 37.8 Å². The first-order valence-electron chi connectivity index (χ1n) is 10.9. The van der Waals surface area contributed by atoms with Crippen LogP contribution in [-0.2, 0) is 17.8 Å². The number of hydrogen-bond donors (Lipinski definition) is 1. The number of aryl methyl sites for hydroxylation is 1. The van der Waals surface area contributed by atoms with Gasteiger partial charge in [-0.25, -0.2) is 4.98 Å². The zero-order chi connectivity index (χ0) is 22.8. The van der Waals surface area contributed by atoms with E-state index >= 15 is 0 Å². The van der Waals surface area contributed by atoms with Crippen LogP contribution < -0.4 is 15.1 Å². The van der Waals surface area contributed by atoms with Gasteiger partial charge in [0.15, 0.2) is 0 Å². The Balaban J connectivity index is 1.64. The summed E-state index contributed by atoms with van der Waals surface area (Å²) in [5.74, 6) is 0.717. The number of carbonyl (C=O) groups excluding carboxylic acids is 2. The van der Waals surface area contributed by atoms with Crippen molar-refractivity contribution in [2.24, 2.45) is 0 Å². The Bertz CT molecular complexity index is 1140. The average Bonchev–Trinajstić information content (AvgIpc) is 3.17. The predicted molar refractivity (Wildman–Crippen MR) is 126 cm³/mol. The number of carbonyl (C=O) groups is 2. The lowest BCUT2D eigenvalue weighted by Gasteiger charge is -2.27. The third kappa shape index (κ3) is 4.26. The van der Waals surface area contributed by atoms with Crippen LogP contribution in [0.5, 0.6) is 0 Å². The van der Waals surface area contributed by atoms with Crippen LogP contribution in [-0.4, -0.2) is 66.9 Å². The van der Waals surface area contributed by atoms with Gasteiger partial charge in [0, 0.05) is 52.7 Å². The van der Waals surface area contributed by atoms with Crippen LogP contribution in [0.2, 0.25) is 0 Å². The number of piperazine rings is 1. The highest BCUT2D eigenvalue weighted by Crippen LogP contribution is 2.25. The van der Waals surface area contributed by atoms with Crippen molar-refractivity contribution in [3.8, 4) is 0 Å². The molecule has 1 saturated heterocycles. The Morgan fingerprint density at radius 3 is 2.53 bits per heavy atom. The fourth-order valence-electron chi connectivity index (χ4n) is 4.09. The lowest BCUT2D eigenvalue weighted by molar-refractivity contribution is -0.123. The third-order valence-corrected chi connectivity index (χ3v) is 5.80. The minimum absolute atomic E-state index is 0.0940. The number of anilines is 2.